The van der Waals surface area contributed by atoms with E-state index in [1.54, 1.807) is 12.1 Å². The molecule has 9 heteroatoms. The number of aromatic hydroxyl groups is 1. The van der Waals surface area contributed by atoms with Gasteiger partial charge in [0.15, 0.2) is 0 Å². The number of alkyl carbamates (subject to hydrolysis) is 1. The molecular formula is C30H33N3O6. The van der Waals surface area contributed by atoms with Gasteiger partial charge in [-0.25, -0.2) is 14.4 Å². The molecule has 3 amide bonds. The Balaban J connectivity index is 1.36. The van der Waals surface area contributed by atoms with Crippen molar-refractivity contribution >= 4 is 18.1 Å². The molecule has 0 spiro atoms. The van der Waals surface area contributed by atoms with Crippen LogP contribution in [0, 0.1) is 5.92 Å². The molecule has 3 atom stereocenters. The molecule has 0 unspecified atom stereocenters. The minimum atomic E-state index is -1.21. The maximum atomic E-state index is 12.8. The maximum Gasteiger partial charge on any atom is 0.408 e. The van der Waals surface area contributed by atoms with Crippen molar-refractivity contribution in [3.63, 3.8) is 0 Å². The van der Waals surface area contributed by atoms with Crippen LogP contribution in [0.1, 0.15) is 42.9 Å². The largest absolute Gasteiger partial charge is 0.508 e. The monoisotopic (exact) mass is 531 g/mol. The summed E-state index contributed by atoms with van der Waals surface area (Å²) in [6, 6.07) is 20.2. The van der Waals surface area contributed by atoms with E-state index >= 15 is 0 Å². The number of nitrogens with one attached hydrogen (secondary N) is 3. The summed E-state index contributed by atoms with van der Waals surface area (Å²) in [7, 11) is 0. The number of rotatable bonds is 10. The highest BCUT2D eigenvalue weighted by Crippen LogP contribution is 2.44. The van der Waals surface area contributed by atoms with Crippen molar-refractivity contribution in [2.24, 2.45) is 5.92 Å². The van der Waals surface area contributed by atoms with Gasteiger partial charge in [0.25, 0.3) is 0 Å². The minimum Gasteiger partial charge on any atom is -0.508 e. The number of fused-ring (bicyclic) bond motifs is 3. The Kier molecular flexibility index (Phi) is 8.70. The highest BCUT2D eigenvalue weighted by atomic mass is 16.5. The first-order valence-corrected chi connectivity index (χ1v) is 13.0. The summed E-state index contributed by atoms with van der Waals surface area (Å²) in [5, 5.41) is 26.9. The average Bonchev–Trinajstić information content (AvgIpc) is 3.25. The number of hydrogen-bond donors (Lipinski definition) is 5. The number of carboxylic acid groups (broad SMARTS) is 1. The number of hydrogen-bond acceptors (Lipinski definition) is 5. The van der Waals surface area contributed by atoms with E-state index in [-0.39, 0.29) is 30.6 Å². The Labute approximate surface area is 227 Å². The number of amides is 3. The Morgan fingerprint density at radius 1 is 0.872 bits per heavy atom. The SMILES string of the molecule is CC[C@H](C)[C@@H](NC(=O)N[C@@H](Cc1ccc(O)cc1)C(=O)O)NC(=O)OCC1c2ccccc2-c2ccccc21. The highest BCUT2D eigenvalue weighted by Gasteiger charge is 2.30. The molecule has 0 heterocycles. The zero-order chi connectivity index (χ0) is 27.9. The third-order valence-electron chi connectivity index (χ3n) is 7.10. The van der Waals surface area contributed by atoms with Gasteiger partial charge in [-0.15, -0.1) is 0 Å². The van der Waals surface area contributed by atoms with Gasteiger partial charge in [-0.2, -0.15) is 0 Å². The van der Waals surface area contributed by atoms with Crippen LogP contribution in [0.5, 0.6) is 5.75 Å². The second-order valence-electron chi connectivity index (χ2n) is 9.71. The summed E-state index contributed by atoms with van der Waals surface area (Å²) in [5.41, 5.74) is 5.07. The van der Waals surface area contributed by atoms with Crippen LogP contribution in [0.2, 0.25) is 0 Å². The molecule has 204 valence electrons. The first kappa shape index (κ1) is 27.5. The van der Waals surface area contributed by atoms with Gasteiger partial charge in [-0.1, -0.05) is 74.5 Å². The molecule has 9 nitrogen and oxygen atoms in total. The molecule has 0 radical (unpaired) electrons. The molecule has 39 heavy (non-hydrogen) atoms. The molecule has 5 N–H and O–H groups in total. The fourth-order valence-corrected chi connectivity index (χ4v) is 4.73. The zero-order valence-corrected chi connectivity index (χ0v) is 21.9. The predicted molar refractivity (Wildman–Crippen MR) is 146 cm³/mol. The lowest BCUT2D eigenvalue weighted by molar-refractivity contribution is -0.139. The average molecular weight is 532 g/mol. The van der Waals surface area contributed by atoms with E-state index in [4.69, 9.17) is 4.74 Å². The van der Waals surface area contributed by atoms with Gasteiger partial charge in [0, 0.05) is 12.3 Å². The molecule has 0 bridgehead atoms. The van der Waals surface area contributed by atoms with E-state index in [2.05, 4.69) is 28.1 Å². The summed E-state index contributed by atoms with van der Waals surface area (Å²) < 4.78 is 5.62. The summed E-state index contributed by atoms with van der Waals surface area (Å²) in [6.45, 7) is 3.91. The van der Waals surface area contributed by atoms with Crippen molar-refractivity contribution in [1.29, 1.82) is 0 Å². The standard InChI is InChI=1S/C30H33N3O6/c1-3-18(2)27(32-29(37)31-26(28(35)36)16-19-12-14-20(34)15-13-19)33-30(38)39-17-25-23-10-6-4-8-21(23)22-9-5-7-11-24(22)25/h4-15,18,25-27,34H,3,16-17H2,1-2H3,(H,33,38)(H,35,36)(H2,31,32,37)/t18-,26-,27-/m0/s1. The summed E-state index contributed by atoms with van der Waals surface area (Å²) in [6.07, 6.45) is -0.795. The molecule has 4 rings (SSSR count). The van der Waals surface area contributed by atoms with Crippen LogP contribution in [0.4, 0.5) is 9.59 Å². The van der Waals surface area contributed by atoms with Crippen molar-refractivity contribution in [2.75, 3.05) is 6.61 Å². The van der Waals surface area contributed by atoms with Crippen LogP contribution in [0.25, 0.3) is 11.1 Å². The Bertz CT molecular complexity index is 1280. The Morgan fingerprint density at radius 2 is 1.46 bits per heavy atom. The lowest BCUT2D eigenvalue weighted by Crippen LogP contribution is -2.57. The van der Waals surface area contributed by atoms with Gasteiger partial charge >= 0.3 is 18.1 Å². The summed E-state index contributed by atoms with van der Waals surface area (Å²) >= 11 is 0. The van der Waals surface area contributed by atoms with Gasteiger partial charge < -0.3 is 30.9 Å². The number of carbonyl (C=O) groups is 3. The van der Waals surface area contributed by atoms with E-state index < -0.39 is 30.3 Å². The number of ether oxygens (including phenoxy) is 1. The van der Waals surface area contributed by atoms with E-state index in [1.807, 2.05) is 50.2 Å². The van der Waals surface area contributed by atoms with Crippen LogP contribution < -0.4 is 16.0 Å². The fourth-order valence-electron chi connectivity index (χ4n) is 4.73. The molecule has 3 aromatic rings. The molecule has 0 aromatic heterocycles. The number of carboxylic acids is 1. The molecule has 0 saturated heterocycles. The zero-order valence-electron chi connectivity index (χ0n) is 21.9. The molecule has 0 fully saturated rings. The van der Waals surface area contributed by atoms with E-state index in [9.17, 15) is 24.6 Å². The quantitative estimate of drug-likeness (QED) is 0.243. The molecule has 1 aliphatic carbocycles. The van der Waals surface area contributed by atoms with Crippen molar-refractivity contribution in [2.45, 2.75) is 44.8 Å². The minimum absolute atomic E-state index is 0.0246. The first-order chi connectivity index (χ1) is 18.8. The second kappa shape index (κ2) is 12.3. The second-order valence-corrected chi connectivity index (χ2v) is 9.71. The molecular weight excluding hydrogens is 498 g/mol. The van der Waals surface area contributed by atoms with Gasteiger partial charge in [0.1, 0.15) is 24.6 Å². The fraction of sp³-hybridized carbons (Fsp3) is 0.300. The Hall–Kier alpha value is -4.53. The van der Waals surface area contributed by atoms with Gasteiger partial charge in [-0.3, -0.25) is 0 Å². The smallest absolute Gasteiger partial charge is 0.408 e. The van der Waals surface area contributed by atoms with E-state index in [0.717, 1.165) is 22.3 Å². The van der Waals surface area contributed by atoms with Crippen LogP contribution >= 0.6 is 0 Å². The topological polar surface area (TPSA) is 137 Å². The predicted octanol–water partition coefficient (Wildman–Crippen LogP) is 4.60. The Morgan fingerprint density at radius 3 is 2.03 bits per heavy atom. The maximum absolute atomic E-state index is 12.8. The van der Waals surface area contributed by atoms with Crippen molar-refractivity contribution in [3.8, 4) is 16.9 Å². The van der Waals surface area contributed by atoms with Crippen LogP contribution in [-0.2, 0) is 16.0 Å². The number of aliphatic carboxylic acids is 1. The van der Waals surface area contributed by atoms with E-state index in [0.29, 0.717) is 12.0 Å². The van der Waals surface area contributed by atoms with Crippen LogP contribution in [0.3, 0.4) is 0 Å². The number of carbonyl (C=O) groups excluding carboxylic acids is 2. The third kappa shape index (κ3) is 6.67. The van der Waals surface area contributed by atoms with E-state index in [1.165, 1.54) is 12.1 Å². The lowest BCUT2D eigenvalue weighted by atomic mass is 9.98. The van der Waals surface area contributed by atoms with Crippen LogP contribution in [-0.4, -0.2) is 47.1 Å². The number of phenols is 1. The van der Waals surface area contributed by atoms with Gasteiger partial charge in [0.05, 0.1) is 0 Å². The van der Waals surface area contributed by atoms with Gasteiger partial charge in [0.2, 0.25) is 0 Å². The highest BCUT2D eigenvalue weighted by molar-refractivity contribution is 5.83. The van der Waals surface area contributed by atoms with Crippen LogP contribution in [0.15, 0.2) is 72.8 Å². The van der Waals surface area contributed by atoms with Crippen molar-refractivity contribution in [1.82, 2.24) is 16.0 Å². The lowest BCUT2D eigenvalue weighted by Gasteiger charge is -2.26. The third-order valence-corrected chi connectivity index (χ3v) is 7.10. The molecule has 0 saturated carbocycles. The van der Waals surface area contributed by atoms with Crippen molar-refractivity contribution in [3.05, 3.63) is 89.5 Å². The number of urea groups is 1. The molecule has 1 aliphatic rings. The summed E-state index contributed by atoms with van der Waals surface area (Å²) in [4.78, 5) is 37.3. The van der Waals surface area contributed by atoms with Gasteiger partial charge in [-0.05, 0) is 52.3 Å². The normalized spacial score (nSPS) is 14.3. The first-order valence-electron chi connectivity index (χ1n) is 13.0. The van der Waals surface area contributed by atoms with Crippen molar-refractivity contribution < 1.29 is 29.3 Å². The molecule has 3 aromatic carbocycles. The number of benzene rings is 3. The summed E-state index contributed by atoms with van der Waals surface area (Å²) in [5.74, 6) is -1.40. The number of phenolic OH excluding ortho intramolecular Hbond substituents is 1. The molecule has 0 aliphatic heterocycles.